The molecule has 4 aromatic carbocycles. The Bertz CT molecular complexity index is 1810. The number of benzene rings is 4. The zero-order chi connectivity index (χ0) is 30.1. The smallest absolute Gasteiger partial charge is 0.147 e. The first kappa shape index (κ1) is 34.9. The summed E-state index contributed by atoms with van der Waals surface area (Å²) in [6.45, 7) is 21.5. The zero-order valence-corrected chi connectivity index (χ0v) is 33.2. The number of hydrogen-bond acceptors (Lipinski definition) is 0. The summed E-state index contributed by atoms with van der Waals surface area (Å²) in [5, 5.41) is 0. The van der Waals surface area contributed by atoms with Gasteiger partial charge in [0, 0.05) is 0 Å². The fraction of sp³-hybridized carbons (Fsp3) is 0.300. The van der Waals surface area contributed by atoms with Crippen LogP contribution < -0.4 is 9.81 Å². The molecule has 6 rings (SSSR count). The number of fused-ring (bicyclic) bond motifs is 3. The molecule has 0 unspecified atom stereocenters. The summed E-state index contributed by atoms with van der Waals surface area (Å²) in [4.78, 5) is 0. The Morgan fingerprint density at radius 1 is 0.682 bits per heavy atom. The van der Waals surface area contributed by atoms with Crippen molar-refractivity contribution in [2.75, 3.05) is 0 Å². The predicted octanol–water partition coefficient (Wildman–Crippen LogP) is 8.67. The van der Waals surface area contributed by atoms with Gasteiger partial charge in [-0.05, 0) is 0 Å². The van der Waals surface area contributed by atoms with Crippen LogP contribution in [0.15, 0.2) is 100 Å². The molecule has 44 heavy (non-hydrogen) atoms. The molecule has 2 aliphatic carbocycles. The van der Waals surface area contributed by atoms with Crippen LogP contribution in [0, 0.1) is 13.8 Å². The van der Waals surface area contributed by atoms with Gasteiger partial charge in [0.05, 0.1) is 0 Å². The summed E-state index contributed by atoms with van der Waals surface area (Å²) in [6.07, 6.45) is 9.25. The van der Waals surface area contributed by atoms with Crippen molar-refractivity contribution >= 4 is 41.5 Å². The van der Waals surface area contributed by atoms with E-state index in [1.54, 1.807) is 18.7 Å². The van der Waals surface area contributed by atoms with Gasteiger partial charge in [-0.15, -0.1) is 24.8 Å². The van der Waals surface area contributed by atoms with Crippen LogP contribution in [0.5, 0.6) is 0 Å². The van der Waals surface area contributed by atoms with E-state index in [0.717, 1.165) is 12.8 Å². The molecule has 0 saturated heterocycles. The van der Waals surface area contributed by atoms with Crippen LogP contribution in [0.4, 0.5) is 0 Å². The zero-order valence-electron chi connectivity index (χ0n) is 27.7. The van der Waals surface area contributed by atoms with Crippen LogP contribution in [0.25, 0.3) is 11.1 Å². The first-order valence-electron chi connectivity index (χ1n) is 15.6. The van der Waals surface area contributed by atoms with Gasteiger partial charge < -0.3 is 0 Å². The Labute approximate surface area is 280 Å². The largest absolute Gasteiger partial charge is 0.147 e. The van der Waals surface area contributed by atoms with Gasteiger partial charge in [0.15, 0.2) is 0 Å². The molecule has 0 saturated carbocycles. The van der Waals surface area contributed by atoms with Gasteiger partial charge >= 0.3 is 258 Å². The molecule has 0 bridgehead atoms. The Morgan fingerprint density at radius 3 is 1.68 bits per heavy atom. The van der Waals surface area contributed by atoms with Crippen molar-refractivity contribution in [1.29, 1.82) is 0 Å². The van der Waals surface area contributed by atoms with E-state index < -0.39 is 17.4 Å². The number of halogens is 2. The molecular weight excluding hydrogens is 671 g/mol. The summed E-state index contributed by atoms with van der Waals surface area (Å²) in [6, 6.07) is 31.0. The van der Waals surface area contributed by atoms with Crippen molar-refractivity contribution in [3.63, 3.8) is 0 Å². The summed E-state index contributed by atoms with van der Waals surface area (Å²) in [5.74, 6) is 0. The topological polar surface area (TPSA) is 0 Å². The van der Waals surface area contributed by atoms with E-state index in [2.05, 4.69) is 159 Å². The average molecular weight is 719 g/mol. The minimum absolute atomic E-state index is 0. The number of allylic oxidation sites excluding steroid dienone is 4. The van der Waals surface area contributed by atoms with Gasteiger partial charge in [0.1, 0.15) is 0 Å². The van der Waals surface area contributed by atoms with E-state index in [4.69, 9.17) is 0 Å². The average Bonchev–Trinajstić information content (AvgIpc) is 3.60. The SMILES string of the molecule is Cc1cc2c(cc1C(C)(C)C)-c1cc(C(C)(C)C)c(C)[c]([Zr](=[SiH2])([C]3=CC=CC3)([c]3ccccc3)[c]3ccccc3)c1C2.Cl.Cl. The molecule has 230 valence electrons. The Morgan fingerprint density at radius 2 is 1.20 bits per heavy atom. The molecule has 0 N–H and O–H groups in total. The van der Waals surface area contributed by atoms with Crippen LogP contribution in [0.3, 0.4) is 0 Å². The quantitative estimate of drug-likeness (QED) is 0.163. The van der Waals surface area contributed by atoms with Crippen LogP contribution >= 0.6 is 24.8 Å². The molecule has 2 aliphatic rings. The second-order valence-corrected chi connectivity index (χ2v) is 36.1. The molecule has 0 nitrogen and oxygen atoms in total. The normalized spacial score (nSPS) is 14.3. The van der Waals surface area contributed by atoms with Crippen LogP contribution in [-0.4, -0.2) is 6.88 Å². The molecule has 0 amide bonds. The Kier molecular flexibility index (Phi) is 9.52. The van der Waals surface area contributed by atoms with E-state index in [1.165, 1.54) is 38.9 Å². The Balaban J connectivity index is 0.00000221. The molecule has 4 heteroatoms. The predicted molar refractivity (Wildman–Crippen MR) is 198 cm³/mol. The third-order valence-electron chi connectivity index (χ3n) is 10.3. The van der Waals surface area contributed by atoms with Gasteiger partial charge in [0.2, 0.25) is 0 Å². The number of aryl methyl sites for hydroxylation is 1. The van der Waals surface area contributed by atoms with Gasteiger partial charge in [-0.1, -0.05) is 0 Å². The standard InChI is InChI=1S/C23H29.2C6H5.C5H5.2ClH.H2Si.Zr/c1-14-9-16-11-17-10-15(2)21(23(6,7)8)13-19(17)18(16)12-20(14)22(3,4)5;2*1-2-4-6-5-3-1;1-2-4-5-3-1;;;;/h9,12-13H,11H2,1-8H3;2*1-5H;1-3H,4H2;2*1H;1H2;. The van der Waals surface area contributed by atoms with E-state index in [-0.39, 0.29) is 35.6 Å². The molecule has 4 aromatic rings. The number of rotatable bonds is 4. The third kappa shape index (κ3) is 5.13. The van der Waals surface area contributed by atoms with Crippen molar-refractivity contribution in [3.05, 3.63) is 134 Å². The van der Waals surface area contributed by atoms with Crippen molar-refractivity contribution < 1.29 is 17.4 Å². The molecule has 0 atom stereocenters. The molecular formula is C40H48Cl2SiZr. The molecule has 0 fully saturated rings. The minimum Gasteiger partial charge on any atom is -0.147 e. The summed E-state index contributed by atoms with van der Waals surface area (Å²) in [5.41, 5.74) is 12.0. The maximum absolute atomic E-state index is 4.46. The Hall–Kier alpha value is -1.96. The fourth-order valence-electron chi connectivity index (χ4n) is 8.40. The molecule has 0 heterocycles. The van der Waals surface area contributed by atoms with E-state index in [9.17, 15) is 0 Å². The first-order chi connectivity index (χ1) is 19.8. The summed E-state index contributed by atoms with van der Waals surface area (Å²) in [7, 11) is 0. The van der Waals surface area contributed by atoms with Crippen molar-refractivity contribution in [3.8, 4) is 11.1 Å². The minimum atomic E-state index is -4.46. The van der Waals surface area contributed by atoms with E-state index >= 15 is 0 Å². The van der Waals surface area contributed by atoms with Gasteiger partial charge in [-0.25, -0.2) is 0 Å². The van der Waals surface area contributed by atoms with Crippen molar-refractivity contribution in [2.24, 2.45) is 0 Å². The monoisotopic (exact) mass is 716 g/mol. The van der Waals surface area contributed by atoms with E-state index in [0.29, 0.717) is 0 Å². The van der Waals surface area contributed by atoms with Gasteiger partial charge in [0.25, 0.3) is 0 Å². The number of hydrogen-bond donors (Lipinski definition) is 0. The summed E-state index contributed by atoms with van der Waals surface area (Å²) < 4.78 is 6.45. The summed E-state index contributed by atoms with van der Waals surface area (Å²) >= 11 is -4.46. The third-order valence-corrected chi connectivity index (χ3v) is 36.6. The van der Waals surface area contributed by atoms with E-state index in [1.807, 2.05) is 0 Å². The first-order valence-corrected chi connectivity index (χ1v) is 26.4. The maximum Gasteiger partial charge on any atom is -0.147 e. The second-order valence-electron chi connectivity index (χ2n) is 15.0. The van der Waals surface area contributed by atoms with Crippen LogP contribution in [-0.2, 0) is 34.6 Å². The molecule has 0 aliphatic heterocycles. The maximum atomic E-state index is 2.59. The van der Waals surface area contributed by atoms with Crippen LogP contribution in [0.1, 0.15) is 81.3 Å². The molecule has 0 spiro atoms. The van der Waals surface area contributed by atoms with Gasteiger partial charge in [-0.2, -0.15) is 0 Å². The van der Waals surface area contributed by atoms with Crippen molar-refractivity contribution in [2.45, 2.75) is 79.1 Å². The molecule has 0 aromatic heterocycles. The van der Waals surface area contributed by atoms with Crippen molar-refractivity contribution in [1.82, 2.24) is 0 Å². The van der Waals surface area contributed by atoms with Crippen LogP contribution in [0.2, 0.25) is 0 Å². The fourth-order valence-corrected chi connectivity index (χ4v) is 32.1. The van der Waals surface area contributed by atoms with Gasteiger partial charge in [-0.3, -0.25) is 0 Å². The molecule has 0 radical (unpaired) electrons. The second kappa shape index (κ2) is 12.0.